The van der Waals surface area contributed by atoms with Crippen LogP contribution in [-0.4, -0.2) is 29.1 Å². The second kappa shape index (κ2) is 8.66. The van der Waals surface area contributed by atoms with E-state index in [9.17, 15) is 14.7 Å². The zero-order valence-corrected chi connectivity index (χ0v) is 17.8. The number of benzene rings is 3. The van der Waals surface area contributed by atoms with Crippen molar-refractivity contribution in [2.45, 2.75) is 25.8 Å². The van der Waals surface area contributed by atoms with Gasteiger partial charge in [0.1, 0.15) is 11.3 Å². The number of aliphatic carboxylic acids is 1. The van der Waals surface area contributed by atoms with E-state index in [0.717, 1.165) is 20.8 Å². The molecule has 0 heterocycles. The molecule has 6 heteroatoms. The Morgan fingerprint density at radius 2 is 1.72 bits per heavy atom. The zero-order valence-electron chi connectivity index (χ0n) is 16.2. The van der Waals surface area contributed by atoms with Crippen molar-refractivity contribution in [2.75, 3.05) is 6.61 Å². The topological polar surface area (TPSA) is 75.6 Å². The van der Waals surface area contributed by atoms with Gasteiger partial charge in [-0.3, -0.25) is 4.79 Å². The molecule has 0 atom stereocenters. The van der Waals surface area contributed by atoms with Crippen molar-refractivity contribution < 1.29 is 19.4 Å². The van der Waals surface area contributed by atoms with Crippen molar-refractivity contribution >= 4 is 38.6 Å². The minimum absolute atomic E-state index is 0.314. The summed E-state index contributed by atoms with van der Waals surface area (Å²) in [6.07, 6.45) is 0.679. The van der Waals surface area contributed by atoms with Crippen LogP contribution in [0.4, 0.5) is 0 Å². The van der Waals surface area contributed by atoms with E-state index in [2.05, 4.69) is 21.2 Å². The van der Waals surface area contributed by atoms with Gasteiger partial charge in [0.05, 0.1) is 12.2 Å². The van der Waals surface area contributed by atoms with Gasteiger partial charge < -0.3 is 15.2 Å². The highest BCUT2D eigenvalue weighted by Gasteiger charge is 2.30. The fraction of sp³-hybridized carbons (Fsp3) is 0.217. The Morgan fingerprint density at radius 1 is 1.03 bits per heavy atom. The van der Waals surface area contributed by atoms with Crippen LogP contribution in [0.1, 0.15) is 29.8 Å². The lowest BCUT2D eigenvalue weighted by Gasteiger charge is -2.22. The molecule has 3 aromatic carbocycles. The molecular weight excluding hydrogens is 434 g/mol. The summed E-state index contributed by atoms with van der Waals surface area (Å²) in [5.74, 6) is -1.13. The van der Waals surface area contributed by atoms with E-state index in [-0.39, 0.29) is 0 Å². The lowest BCUT2D eigenvalue weighted by Crippen LogP contribution is -2.49. The van der Waals surface area contributed by atoms with E-state index in [1.54, 1.807) is 6.07 Å². The first-order chi connectivity index (χ1) is 13.8. The Hall–Kier alpha value is -2.86. The summed E-state index contributed by atoms with van der Waals surface area (Å²) in [4.78, 5) is 24.2. The molecule has 0 spiro atoms. The van der Waals surface area contributed by atoms with Gasteiger partial charge >= 0.3 is 5.97 Å². The number of carboxylic acids is 1. The minimum Gasteiger partial charge on any atom is -0.492 e. The quantitative estimate of drug-likeness (QED) is 0.535. The van der Waals surface area contributed by atoms with Crippen molar-refractivity contribution in [1.29, 1.82) is 0 Å². The van der Waals surface area contributed by atoms with E-state index >= 15 is 0 Å². The standard InChI is InChI=1S/C23H22BrNO4/c1-23(2,22(27)28)25-21(26)19-12-9-16-5-3-4-6-18(16)20(19)29-14-13-15-7-10-17(24)11-8-15/h3-12H,13-14H2,1-2H3,(H,25,26)(H,27,28). The second-order valence-electron chi connectivity index (χ2n) is 7.27. The highest BCUT2D eigenvalue weighted by Crippen LogP contribution is 2.30. The summed E-state index contributed by atoms with van der Waals surface area (Å²) in [5, 5.41) is 13.6. The number of hydrogen-bond donors (Lipinski definition) is 2. The van der Waals surface area contributed by atoms with Crippen LogP contribution in [-0.2, 0) is 11.2 Å². The van der Waals surface area contributed by atoms with Crippen molar-refractivity contribution in [1.82, 2.24) is 5.32 Å². The number of carbonyl (C=O) groups is 2. The number of rotatable bonds is 7. The third-order valence-corrected chi connectivity index (χ3v) is 5.16. The molecule has 0 aliphatic rings. The lowest BCUT2D eigenvalue weighted by molar-refractivity contribution is -0.143. The summed E-state index contributed by atoms with van der Waals surface area (Å²) in [7, 11) is 0. The van der Waals surface area contributed by atoms with Crippen molar-refractivity contribution in [3.05, 3.63) is 76.3 Å². The number of hydrogen-bond acceptors (Lipinski definition) is 3. The predicted molar refractivity (Wildman–Crippen MR) is 116 cm³/mol. The Kier molecular flexibility index (Phi) is 6.23. The first-order valence-corrected chi connectivity index (χ1v) is 10.0. The van der Waals surface area contributed by atoms with Gasteiger partial charge in [-0.15, -0.1) is 0 Å². The third-order valence-electron chi connectivity index (χ3n) is 4.64. The lowest BCUT2D eigenvalue weighted by atomic mass is 10.0. The van der Waals surface area contributed by atoms with Gasteiger partial charge in [0.25, 0.3) is 5.91 Å². The van der Waals surface area contributed by atoms with E-state index in [4.69, 9.17) is 4.74 Å². The molecule has 0 fully saturated rings. The van der Waals surface area contributed by atoms with Gasteiger partial charge in [-0.2, -0.15) is 0 Å². The molecule has 0 bridgehead atoms. The predicted octanol–water partition coefficient (Wildman–Crippen LogP) is 4.82. The van der Waals surface area contributed by atoms with Crippen LogP contribution in [0.15, 0.2) is 65.1 Å². The molecule has 0 aromatic heterocycles. The van der Waals surface area contributed by atoms with Crippen LogP contribution >= 0.6 is 15.9 Å². The molecule has 1 amide bonds. The summed E-state index contributed by atoms with van der Waals surface area (Å²) in [6, 6.07) is 19.1. The molecule has 3 rings (SSSR count). The first-order valence-electron chi connectivity index (χ1n) is 9.23. The van der Waals surface area contributed by atoms with E-state index in [0.29, 0.717) is 24.3 Å². The van der Waals surface area contributed by atoms with Gasteiger partial charge in [0.2, 0.25) is 0 Å². The highest BCUT2D eigenvalue weighted by molar-refractivity contribution is 9.10. The van der Waals surface area contributed by atoms with Crippen LogP contribution in [0.2, 0.25) is 0 Å². The summed E-state index contributed by atoms with van der Waals surface area (Å²) in [5.41, 5.74) is 0.0394. The normalized spacial score (nSPS) is 11.3. The molecule has 0 radical (unpaired) electrons. The van der Waals surface area contributed by atoms with Gasteiger partial charge in [-0.25, -0.2) is 4.79 Å². The Balaban J connectivity index is 1.88. The number of carbonyl (C=O) groups excluding carboxylic acids is 1. The summed E-state index contributed by atoms with van der Waals surface area (Å²) >= 11 is 3.42. The molecule has 0 aliphatic heterocycles. The maximum absolute atomic E-state index is 12.8. The second-order valence-corrected chi connectivity index (χ2v) is 8.19. The molecule has 150 valence electrons. The minimum atomic E-state index is -1.39. The van der Waals surface area contributed by atoms with Crippen LogP contribution in [0.25, 0.3) is 10.8 Å². The summed E-state index contributed by atoms with van der Waals surface area (Å²) < 4.78 is 7.07. The van der Waals surface area contributed by atoms with E-state index in [1.807, 2.05) is 54.6 Å². The summed E-state index contributed by atoms with van der Waals surface area (Å²) in [6.45, 7) is 3.28. The molecule has 5 nitrogen and oxygen atoms in total. The number of halogens is 1. The number of ether oxygens (including phenoxy) is 1. The SMILES string of the molecule is CC(C)(NC(=O)c1ccc2ccccc2c1OCCc1ccc(Br)cc1)C(=O)O. The van der Waals surface area contributed by atoms with Crippen molar-refractivity contribution in [3.63, 3.8) is 0 Å². The number of nitrogens with one attached hydrogen (secondary N) is 1. The third kappa shape index (κ3) is 4.95. The Morgan fingerprint density at radius 3 is 2.41 bits per heavy atom. The number of amides is 1. The maximum atomic E-state index is 12.8. The highest BCUT2D eigenvalue weighted by atomic mass is 79.9. The molecular formula is C23H22BrNO4. The van der Waals surface area contributed by atoms with Crippen molar-refractivity contribution in [2.24, 2.45) is 0 Å². The van der Waals surface area contributed by atoms with E-state index < -0.39 is 17.4 Å². The van der Waals surface area contributed by atoms with Crippen LogP contribution in [0, 0.1) is 0 Å². The Bertz CT molecular complexity index is 1040. The molecule has 3 aromatic rings. The average Bonchev–Trinajstić information content (AvgIpc) is 2.69. The zero-order chi connectivity index (χ0) is 21.0. The smallest absolute Gasteiger partial charge is 0.328 e. The molecule has 0 saturated carbocycles. The fourth-order valence-electron chi connectivity index (χ4n) is 2.90. The molecule has 29 heavy (non-hydrogen) atoms. The molecule has 0 saturated heterocycles. The van der Waals surface area contributed by atoms with Gasteiger partial charge in [-0.05, 0) is 43.0 Å². The molecule has 0 aliphatic carbocycles. The molecule has 2 N–H and O–H groups in total. The first kappa shape index (κ1) is 20.9. The van der Waals surface area contributed by atoms with Crippen LogP contribution < -0.4 is 10.1 Å². The number of fused-ring (bicyclic) bond motifs is 1. The van der Waals surface area contributed by atoms with Crippen molar-refractivity contribution in [3.8, 4) is 5.75 Å². The average molecular weight is 456 g/mol. The maximum Gasteiger partial charge on any atom is 0.328 e. The van der Waals surface area contributed by atoms with Gasteiger partial charge in [0, 0.05) is 16.3 Å². The Labute approximate surface area is 177 Å². The van der Waals surface area contributed by atoms with Crippen LogP contribution in [0.5, 0.6) is 5.75 Å². The van der Waals surface area contributed by atoms with Gasteiger partial charge in [-0.1, -0.05) is 58.4 Å². The fourth-order valence-corrected chi connectivity index (χ4v) is 3.17. The largest absolute Gasteiger partial charge is 0.492 e. The molecule has 0 unspecified atom stereocenters. The van der Waals surface area contributed by atoms with Gasteiger partial charge in [0.15, 0.2) is 0 Å². The number of carboxylic acid groups (broad SMARTS) is 1. The monoisotopic (exact) mass is 455 g/mol. The van der Waals surface area contributed by atoms with E-state index in [1.165, 1.54) is 13.8 Å². The van der Waals surface area contributed by atoms with Crippen LogP contribution in [0.3, 0.4) is 0 Å².